The molecule has 2 aromatic carbocycles. The van der Waals surface area contributed by atoms with Crippen molar-refractivity contribution in [3.05, 3.63) is 48.0 Å². The van der Waals surface area contributed by atoms with E-state index in [-0.39, 0.29) is 6.61 Å². The van der Waals surface area contributed by atoms with Gasteiger partial charge in [0.25, 0.3) is 0 Å². The lowest BCUT2D eigenvalue weighted by Crippen LogP contribution is -2.59. The first-order chi connectivity index (χ1) is 12.2. The van der Waals surface area contributed by atoms with Crippen LogP contribution in [0.25, 0.3) is 10.8 Å². The van der Waals surface area contributed by atoms with E-state index in [1.165, 1.54) is 14.2 Å². The third-order valence-electron chi connectivity index (χ3n) is 4.53. The molecular weight excluding hydrogens is 322 g/mol. The highest BCUT2D eigenvalue weighted by Gasteiger charge is 2.45. The maximum absolute atomic E-state index is 10.6. The number of ether oxygens (including phenoxy) is 3. The summed E-state index contributed by atoms with van der Waals surface area (Å²) < 4.78 is 16.3. The molecule has 2 unspecified atom stereocenters. The summed E-state index contributed by atoms with van der Waals surface area (Å²) in [5.41, 5.74) is 0.943. The van der Waals surface area contributed by atoms with Crippen LogP contribution in [0.1, 0.15) is 5.56 Å². The van der Waals surface area contributed by atoms with Crippen molar-refractivity contribution in [1.82, 2.24) is 0 Å². The zero-order chi connectivity index (χ0) is 17.8. The van der Waals surface area contributed by atoms with E-state index in [4.69, 9.17) is 14.2 Å². The molecule has 1 heterocycles. The van der Waals surface area contributed by atoms with Gasteiger partial charge in [0.2, 0.25) is 0 Å². The Labute approximate surface area is 146 Å². The lowest BCUT2D eigenvalue weighted by Gasteiger charge is -2.41. The lowest BCUT2D eigenvalue weighted by atomic mass is 9.97. The molecule has 1 saturated heterocycles. The minimum absolute atomic E-state index is 0.269. The van der Waals surface area contributed by atoms with Crippen LogP contribution in [0.2, 0.25) is 0 Å². The van der Waals surface area contributed by atoms with E-state index in [1.54, 1.807) is 6.21 Å². The van der Waals surface area contributed by atoms with Gasteiger partial charge < -0.3 is 24.4 Å². The van der Waals surface area contributed by atoms with Crippen LogP contribution < -0.4 is 0 Å². The zero-order valence-corrected chi connectivity index (χ0v) is 14.3. The van der Waals surface area contributed by atoms with Crippen LogP contribution in [-0.4, -0.2) is 67.9 Å². The lowest BCUT2D eigenvalue weighted by molar-refractivity contribution is -0.262. The summed E-state index contributed by atoms with van der Waals surface area (Å²) in [5, 5.41) is 22.2. The van der Waals surface area contributed by atoms with Crippen molar-refractivity contribution < 1.29 is 24.4 Å². The van der Waals surface area contributed by atoms with Crippen molar-refractivity contribution >= 4 is 17.0 Å². The highest BCUT2D eigenvalue weighted by Crippen LogP contribution is 2.26. The van der Waals surface area contributed by atoms with Crippen molar-refractivity contribution in [3.63, 3.8) is 0 Å². The average Bonchev–Trinajstić information content (AvgIpc) is 2.66. The average molecular weight is 345 g/mol. The number of aliphatic imine (C=N–C) groups is 1. The number of hydrogen-bond donors (Lipinski definition) is 2. The summed E-state index contributed by atoms with van der Waals surface area (Å²) in [6.45, 7) is -0.269. The van der Waals surface area contributed by atoms with Crippen LogP contribution in [0.3, 0.4) is 0 Å². The molecule has 0 radical (unpaired) electrons. The van der Waals surface area contributed by atoms with Crippen molar-refractivity contribution in [2.75, 3.05) is 20.8 Å². The molecule has 0 saturated carbocycles. The van der Waals surface area contributed by atoms with E-state index in [0.717, 1.165) is 16.3 Å². The largest absolute Gasteiger partial charge is 0.394 e. The van der Waals surface area contributed by atoms with Crippen molar-refractivity contribution in [3.8, 4) is 0 Å². The van der Waals surface area contributed by atoms with Gasteiger partial charge in [0.15, 0.2) is 6.29 Å². The van der Waals surface area contributed by atoms with Crippen LogP contribution in [0.5, 0.6) is 0 Å². The zero-order valence-electron chi connectivity index (χ0n) is 14.3. The Morgan fingerprint density at radius 2 is 1.88 bits per heavy atom. The number of fused-ring (bicyclic) bond motifs is 1. The molecule has 134 valence electrons. The number of aliphatic hydroxyl groups is 2. The molecule has 6 heteroatoms. The van der Waals surface area contributed by atoms with Crippen LogP contribution in [0, 0.1) is 0 Å². The fraction of sp³-hybridized carbons (Fsp3) is 0.421. The third kappa shape index (κ3) is 3.58. The Bertz CT molecular complexity index is 729. The van der Waals surface area contributed by atoms with Crippen LogP contribution >= 0.6 is 0 Å². The highest BCUT2D eigenvalue weighted by atomic mass is 16.7. The number of methoxy groups -OCH3 is 2. The van der Waals surface area contributed by atoms with Gasteiger partial charge >= 0.3 is 0 Å². The molecule has 0 aliphatic carbocycles. The van der Waals surface area contributed by atoms with Gasteiger partial charge in [-0.15, -0.1) is 0 Å². The van der Waals surface area contributed by atoms with Crippen LogP contribution in [0.4, 0.5) is 0 Å². The normalized spacial score (nSPS) is 30.2. The first-order valence-corrected chi connectivity index (χ1v) is 8.20. The second kappa shape index (κ2) is 8.03. The second-order valence-corrected chi connectivity index (χ2v) is 5.99. The number of rotatable bonds is 5. The molecular formula is C19H23NO5. The standard InChI is InChI=1S/C19H23NO5/c1-23-18-15(11-21)25-19(24-2)16(17(18)22)20-10-13-8-5-7-12-6-3-4-9-14(12)13/h3-10,15-19,21-22H,11H2,1-2H3/t15?,16?,17-,18-,19-/m1/s1. The van der Waals surface area contributed by atoms with E-state index >= 15 is 0 Å². The molecule has 0 spiro atoms. The van der Waals surface area contributed by atoms with Gasteiger partial charge in [0.1, 0.15) is 24.4 Å². The first kappa shape index (κ1) is 18.0. The summed E-state index contributed by atoms with van der Waals surface area (Å²) in [7, 11) is 2.96. The molecule has 0 aromatic heterocycles. The summed E-state index contributed by atoms with van der Waals surface area (Å²) in [6, 6.07) is 13.3. The molecule has 0 amide bonds. The van der Waals surface area contributed by atoms with E-state index < -0.39 is 30.6 Å². The molecule has 2 aromatic rings. The van der Waals surface area contributed by atoms with E-state index in [0.29, 0.717) is 0 Å². The third-order valence-corrected chi connectivity index (χ3v) is 4.53. The molecule has 3 rings (SSSR count). The van der Waals surface area contributed by atoms with Crippen LogP contribution in [0.15, 0.2) is 47.5 Å². The van der Waals surface area contributed by atoms with Crippen LogP contribution in [-0.2, 0) is 14.2 Å². The Morgan fingerprint density at radius 3 is 2.60 bits per heavy atom. The Balaban J connectivity index is 1.90. The van der Waals surface area contributed by atoms with Gasteiger partial charge in [-0.3, -0.25) is 4.99 Å². The number of nitrogens with zero attached hydrogens (tertiary/aromatic N) is 1. The molecule has 0 bridgehead atoms. The maximum Gasteiger partial charge on any atom is 0.182 e. The molecule has 2 N–H and O–H groups in total. The van der Waals surface area contributed by atoms with E-state index in [1.807, 2.05) is 42.5 Å². The monoisotopic (exact) mass is 345 g/mol. The summed E-state index contributed by atoms with van der Waals surface area (Å²) in [5.74, 6) is 0. The molecule has 1 aliphatic heterocycles. The smallest absolute Gasteiger partial charge is 0.182 e. The second-order valence-electron chi connectivity index (χ2n) is 5.99. The topological polar surface area (TPSA) is 80.5 Å². The van der Waals surface area contributed by atoms with Gasteiger partial charge in [-0.2, -0.15) is 0 Å². The SMILES string of the molecule is CO[C@@H]1OC(CO)[C@@H](OC)[C@H](O)C1N=Cc1cccc2ccccc12. The first-order valence-electron chi connectivity index (χ1n) is 8.20. The number of aliphatic hydroxyl groups excluding tert-OH is 2. The Kier molecular flexibility index (Phi) is 5.78. The molecule has 1 aliphatic rings. The number of benzene rings is 2. The fourth-order valence-electron chi connectivity index (χ4n) is 3.23. The number of hydrogen-bond acceptors (Lipinski definition) is 6. The van der Waals surface area contributed by atoms with Crippen molar-refractivity contribution in [1.29, 1.82) is 0 Å². The highest BCUT2D eigenvalue weighted by molar-refractivity contribution is 5.99. The van der Waals surface area contributed by atoms with Gasteiger partial charge in [0.05, 0.1) is 6.61 Å². The molecule has 5 atom stereocenters. The quantitative estimate of drug-likeness (QED) is 0.800. The predicted molar refractivity (Wildman–Crippen MR) is 94.9 cm³/mol. The summed E-state index contributed by atoms with van der Waals surface area (Å²) in [4.78, 5) is 4.52. The van der Waals surface area contributed by atoms with Gasteiger partial charge in [0, 0.05) is 26.0 Å². The van der Waals surface area contributed by atoms with Gasteiger partial charge in [-0.1, -0.05) is 42.5 Å². The Morgan fingerprint density at radius 1 is 1.12 bits per heavy atom. The van der Waals surface area contributed by atoms with Gasteiger partial charge in [-0.25, -0.2) is 0 Å². The minimum Gasteiger partial charge on any atom is -0.394 e. The predicted octanol–water partition coefficient (Wildman–Crippen LogP) is 1.37. The molecule has 6 nitrogen and oxygen atoms in total. The minimum atomic E-state index is -0.952. The summed E-state index contributed by atoms with van der Waals surface area (Å²) >= 11 is 0. The van der Waals surface area contributed by atoms with E-state index in [9.17, 15) is 10.2 Å². The maximum atomic E-state index is 10.6. The summed E-state index contributed by atoms with van der Waals surface area (Å²) in [6.07, 6.45) is -1.32. The van der Waals surface area contributed by atoms with Gasteiger partial charge in [-0.05, 0) is 10.8 Å². The fourth-order valence-corrected chi connectivity index (χ4v) is 3.23. The van der Waals surface area contributed by atoms with Crippen molar-refractivity contribution in [2.45, 2.75) is 30.6 Å². The van der Waals surface area contributed by atoms with Crippen molar-refractivity contribution in [2.24, 2.45) is 4.99 Å². The molecule has 25 heavy (non-hydrogen) atoms. The Hall–Kier alpha value is -1.83. The van der Waals surface area contributed by atoms with E-state index in [2.05, 4.69) is 4.99 Å². The molecule has 1 fully saturated rings.